The predicted molar refractivity (Wildman–Crippen MR) is 110 cm³/mol. The van der Waals surface area contributed by atoms with Crippen molar-refractivity contribution in [3.05, 3.63) is 0 Å². The Bertz CT molecular complexity index is 361. The van der Waals surface area contributed by atoms with Crippen molar-refractivity contribution in [2.24, 2.45) is 4.99 Å². The molecule has 2 rings (SSSR count). The number of hydrogen-bond donors (Lipinski definition) is 2. The Morgan fingerprint density at radius 1 is 1.27 bits per heavy atom. The van der Waals surface area contributed by atoms with E-state index in [4.69, 9.17) is 0 Å². The molecule has 0 aromatic rings. The van der Waals surface area contributed by atoms with Gasteiger partial charge in [-0.3, -0.25) is 4.99 Å². The minimum Gasteiger partial charge on any atom is -0.355 e. The standard InChI is InChI=1S/C16H32N4S.HI/c1-16(2,21-5)11-18-15(17-3)19-12-9-13-7-6-8-14(10-12)20(13)4;/h12-14H,6-11H2,1-5H3,(H2,17,18,19);1H. The summed E-state index contributed by atoms with van der Waals surface area (Å²) in [6.45, 7) is 5.46. The second-order valence-electron chi connectivity index (χ2n) is 7.11. The lowest BCUT2D eigenvalue weighted by Crippen LogP contribution is -2.57. The van der Waals surface area contributed by atoms with Crippen LogP contribution in [-0.2, 0) is 0 Å². The Morgan fingerprint density at radius 3 is 2.36 bits per heavy atom. The van der Waals surface area contributed by atoms with Crippen molar-refractivity contribution in [3.8, 4) is 0 Å². The van der Waals surface area contributed by atoms with Crippen molar-refractivity contribution in [3.63, 3.8) is 0 Å². The summed E-state index contributed by atoms with van der Waals surface area (Å²) in [5.41, 5.74) is 0. The van der Waals surface area contributed by atoms with E-state index in [1.165, 1.54) is 32.1 Å². The fourth-order valence-corrected chi connectivity index (χ4v) is 3.71. The topological polar surface area (TPSA) is 39.7 Å². The van der Waals surface area contributed by atoms with Crippen LogP contribution in [0, 0.1) is 0 Å². The quantitative estimate of drug-likeness (QED) is 0.401. The van der Waals surface area contributed by atoms with E-state index in [1.807, 2.05) is 18.8 Å². The fourth-order valence-electron chi connectivity index (χ4n) is 3.49. The lowest BCUT2D eigenvalue weighted by molar-refractivity contribution is 0.0526. The number of piperidine rings is 2. The van der Waals surface area contributed by atoms with Crippen LogP contribution in [0.25, 0.3) is 0 Å². The molecule has 2 saturated heterocycles. The number of nitrogens with one attached hydrogen (secondary N) is 2. The molecule has 0 aliphatic carbocycles. The van der Waals surface area contributed by atoms with Crippen molar-refractivity contribution >= 4 is 41.7 Å². The first kappa shape index (κ1) is 20.4. The van der Waals surface area contributed by atoms with Gasteiger partial charge in [0.15, 0.2) is 5.96 Å². The van der Waals surface area contributed by atoms with Gasteiger partial charge in [-0.05, 0) is 52.8 Å². The molecule has 2 heterocycles. The first-order chi connectivity index (χ1) is 9.95. The minimum absolute atomic E-state index is 0. The third-order valence-electron chi connectivity index (χ3n) is 5.14. The molecule has 0 aromatic carbocycles. The molecule has 2 aliphatic heterocycles. The molecular weight excluding hydrogens is 407 g/mol. The third kappa shape index (κ3) is 5.44. The first-order valence-electron chi connectivity index (χ1n) is 8.19. The summed E-state index contributed by atoms with van der Waals surface area (Å²) in [4.78, 5) is 7.01. The molecule has 6 heteroatoms. The van der Waals surface area contributed by atoms with Crippen LogP contribution < -0.4 is 10.6 Å². The Kier molecular flexibility index (Phi) is 8.30. The second kappa shape index (κ2) is 8.97. The van der Waals surface area contributed by atoms with Gasteiger partial charge in [-0.2, -0.15) is 11.8 Å². The van der Waals surface area contributed by atoms with Crippen LogP contribution in [0.1, 0.15) is 46.0 Å². The highest BCUT2D eigenvalue weighted by atomic mass is 127. The molecule has 2 N–H and O–H groups in total. The maximum atomic E-state index is 4.40. The Hall–Kier alpha value is 0.310. The van der Waals surface area contributed by atoms with Gasteiger partial charge in [-0.25, -0.2) is 0 Å². The van der Waals surface area contributed by atoms with E-state index in [-0.39, 0.29) is 28.7 Å². The van der Waals surface area contributed by atoms with Gasteiger partial charge in [0.2, 0.25) is 0 Å². The van der Waals surface area contributed by atoms with E-state index >= 15 is 0 Å². The van der Waals surface area contributed by atoms with Crippen molar-refractivity contribution < 1.29 is 0 Å². The average Bonchev–Trinajstić information content (AvgIpc) is 2.44. The second-order valence-corrected chi connectivity index (χ2v) is 8.62. The molecule has 0 spiro atoms. The van der Waals surface area contributed by atoms with E-state index in [1.54, 1.807) is 0 Å². The zero-order valence-corrected chi connectivity index (χ0v) is 17.8. The lowest BCUT2D eigenvalue weighted by Gasteiger charge is -2.47. The minimum atomic E-state index is 0. The van der Waals surface area contributed by atoms with Crippen molar-refractivity contribution in [2.45, 2.75) is 68.8 Å². The SMILES string of the molecule is CN=C(NCC(C)(C)SC)NC1CC2CCCC(C1)N2C.I. The van der Waals surface area contributed by atoms with Crippen molar-refractivity contribution in [2.75, 3.05) is 26.9 Å². The van der Waals surface area contributed by atoms with E-state index in [0.717, 1.165) is 24.6 Å². The molecule has 2 aliphatic rings. The first-order valence-corrected chi connectivity index (χ1v) is 9.42. The highest BCUT2D eigenvalue weighted by Crippen LogP contribution is 2.32. The molecule has 4 nitrogen and oxygen atoms in total. The Labute approximate surface area is 157 Å². The summed E-state index contributed by atoms with van der Waals surface area (Å²) >= 11 is 1.89. The largest absolute Gasteiger partial charge is 0.355 e. The van der Waals surface area contributed by atoms with Gasteiger partial charge in [0.25, 0.3) is 0 Å². The number of halogens is 1. The van der Waals surface area contributed by atoms with Crippen LogP contribution >= 0.6 is 35.7 Å². The van der Waals surface area contributed by atoms with Crippen LogP contribution in [0.15, 0.2) is 4.99 Å². The Morgan fingerprint density at radius 2 is 1.86 bits per heavy atom. The molecule has 2 unspecified atom stereocenters. The molecule has 22 heavy (non-hydrogen) atoms. The number of fused-ring (bicyclic) bond motifs is 2. The van der Waals surface area contributed by atoms with Gasteiger partial charge in [-0.15, -0.1) is 24.0 Å². The van der Waals surface area contributed by atoms with Crippen LogP contribution in [0.4, 0.5) is 0 Å². The van der Waals surface area contributed by atoms with Crippen LogP contribution in [0.2, 0.25) is 0 Å². The molecule has 0 aromatic heterocycles. The summed E-state index contributed by atoms with van der Waals surface area (Å²) in [6.07, 6.45) is 8.78. The van der Waals surface area contributed by atoms with Gasteiger partial charge < -0.3 is 15.5 Å². The number of hydrogen-bond acceptors (Lipinski definition) is 3. The zero-order chi connectivity index (χ0) is 15.5. The molecule has 130 valence electrons. The summed E-state index contributed by atoms with van der Waals surface area (Å²) < 4.78 is 0.237. The number of nitrogens with zero attached hydrogens (tertiary/aromatic N) is 2. The normalized spacial score (nSPS) is 29.7. The van der Waals surface area contributed by atoms with Crippen molar-refractivity contribution in [1.29, 1.82) is 0 Å². The van der Waals surface area contributed by atoms with Gasteiger partial charge in [0, 0.05) is 36.5 Å². The van der Waals surface area contributed by atoms with Crippen molar-refractivity contribution in [1.82, 2.24) is 15.5 Å². The predicted octanol–water partition coefficient (Wildman–Crippen LogP) is 2.93. The smallest absolute Gasteiger partial charge is 0.191 e. The molecule has 2 atom stereocenters. The number of thioether (sulfide) groups is 1. The average molecular weight is 440 g/mol. The highest BCUT2D eigenvalue weighted by molar-refractivity contribution is 14.0. The molecule has 0 radical (unpaired) electrons. The van der Waals surface area contributed by atoms with E-state index in [0.29, 0.717) is 6.04 Å². The number of rotatable bonds is 4. The van der Waals surface area contributed by atoms with E-state index in [9.17, 15) is 0 Å². The number of guanidine groups is 1. The summed E-state index contributed by atoms with van der Waals surface area (Å²) in [5.74, 6) is 0.963. The Balaban J connectivity index is 0.00000242. The maximum absolute atomic E-state index is 4.40. The van der Waals surface area contributed by atoms with Gasteiger partial charge >= 0.3 is 0 Å². The van der Waals surface area contributed by atoms with Gasteiger partial charge in [0.05, 0.1) is 0 Å². The fraction of sp³-hybridized carbons (Fsp3) is 0.938. The van der Waals surface area contributed by atoms with E-state index in [2.05, 4.69) is 47.7 Å². The van der Waals surface area contributed by atoms with Gasteiger partial charge in [0.1, 0.15) is 0 Å². The lowest BCUT2D eigenvalue weighted by atomic mass is 9.82. The maximum Gasteiger partial charge on any atom is 0.191 e. The molecular formula is C16H33IN4S. The summed E-state index contributed by atoms with van der Waals surface area (Å²) in [6, 6.07) is 2.09. The summed E-state index contributed by atoms with van der Waals surface area (Å²) in [7, 11) is 4.18. The van der Waals surface area contributed by atoms with Gasteiger partial charge in [-0.1, -0.05) is 6.42 Å². The highest BCUT2D eigenvalue weighted by Gasteiger charge is 2.36. The van der Waals surface area contributed by atoms with Crippen LogP contribution in [0.5, 0.6) is 0 Å². The van der Waals surface area contributed by atoms with Crippen LogP contribution in [-0.4, -0.2) is 60.6 Å². The monoisotopic (exact) mass is 440 g/mol. The summed E-state index contributed by atoms with van der Waals surface area (Å²) in [5, 5.41) is 7.14. The van der Waals surface area contributed by atoms with Crippen LogP contribution in [0.3, 0.4) is 0 Å². The molecule has 2 fully saturated rings. The van der Waals surface area contributed by atoms with E-state index < -0.39 is 0 Å². The zero-order valence-electron chi connectivity index (χ0n) is 14.7. The third-order valence-corrected chi connectivity index (χ3v) is 6.39. The molecule has 0 amide bonds. The molecule has 2 bridgehead atoms. The molecule has 0 saturated carbocycles. The number of aliphatic imine (C=N–C) groups is 1.